The van der Waals surface area contributed by atoms with Gasteiger partial charge in [-0.1, -0.05) is 24.3 Å². The van der Waals surface area contributed by atoms with E-state index in [4.69, 9.17) is 9.52 Å². The normalized spacial score (nSPS) is 11.0. The molecular weight excluding hydrogens is 311 g/mol. The van der Waals surface area contributed by atoms with Crippen molar-refractivity contribution in [2.24, 2.45) is 0 Å². The summed E-state index contributed by atoms with van der Waals surface area (Å²) < 4.78 is 21.3. The maximum absolute atomic E-state index is 14.1. The van der Waals surface area contributed by atoms with E-state index in [1.165, 1.54) is 24.5 Å². The van der Waals surface area contributed by atoms with Crippen LogP contribution in [-0.2, 0) is 0 Å². The first kappa shape index (κ1) is 14.2. The lowest BCUT2D eigenvalue weighted by Crippen LogP contribution is -1.95. The van der Waals surface area contributed by atoms with Crippen molar-refractivity contribution >= 4 is 11.7 Å². The number of aromatic nitrogens is 2. The third-order valence-corrected chi connectivity index (χ3v) is 3.78. The zero-order valence-corrected chi connectivity index (χ0v) is 12.3. The van der Waals surface area contributed by atoms with E-state index in [9.17, 15) is 9.18 Å². The number of carbonyl (C=O) groups is 1. The number of benzene rings is 2. The maximum Gasteiger partial charge on any atom is 0.335 e. The lowest BCUT2D eigenvalue weighted by Gasteiger charge is -2.00. The van der Waals surface area contributed by atoms with Crippen molar-refractivity contribution in [2.45, 2.75) is 0 Å². The largest absolute Gasteiger partial charge is 0.478 e. The first-order valence-electron chi connectivity index (χ1n) is 7.19. The summed E-state index contributed by atoms with van der Waals surface area (Å²) in [4.78, 5) is 15.5. The zero-order chi connectivity index (χ0) is 16.7. The van der Waals surface area contributed by atoms with Gasteiger partial charge in [-0.15, -0.1) is 0 Å². The Balaban J connectivity index is 1.90. The fourth-order valence-corrected chi connectivity index (χ4v) is 2.62. The second-order valence-corrected chi connectivity index (χ2v) is 5.22. The number of hydrogen-bond donors (Lipinski definition) is 1. The Hall–Kier alpha value is -3.41. The van der Waals surface area contributed by atoms with Gasteiger partial charge in [-0.2, -0.15) is 0 Å². The molecule has 0 saturated heterocycles. The third-order valence-electron chi connectivity index (χ3n) is 3.78. The van der Waals surface area contributed by atoms with Crippen molar-refractivity contribution < 1.29 is 18.7 Å². The van der Waals surface area contributed by atoms with Gasteiger partial charge in [0.1, 0.15) is 23.6 Å². The average Bonchev–Trinajstić information content (AvgIpc) is 3.18. The lowest BCUT2D eigenvalue weighted by atomic mass is 10.1. The minimum absolute atomic E-state index is 0.188. The molecule has 0 saturated carbocycles. The Morgan fingerprint density at radius 1 is 1.12 bits per heavy atom. The molecule has 6 heteroatoms. The number of carboxylic acids is 1. The molecule has 0 aliphatic carbocycles. The monoisotopic (exact) mass is 322 g/mol. The summed E-state index contributed by atoms with van der Waals surface area (Å²) in [5, 5.41) is 8.99. The quantitative estimate of drug-likeness (QED) is 0.616. The van der Waals surface area contributed by atoms with Crippen molar-refractivity contribution in [3.63, 3.8) is 0 Å². The lowest BCUT2D eigenvalue weighted by molar-refractivity contribution is 0.0697. The van der Waals surface area contributed by atoms with Crippen LogP contribution in [0.1, 0.15) is 10.4 Å². The molecule has 2 heterocycles. The number of carboxylic acid groups (broad SMARTS) is 1. The maximum atomic E-state index is 14.1. The number of halogens is 1. The molecule has 4 rings (SSSR count). The fraction of sp³-hybridized carbons (Fsp3) is 0. The predicted octanol–water partition coefficient (Wildman–Crippen LogP) is 4.10. The van der Waals surface area contributed by atoms with Gasteiger partial charge in [-0.3, -0.25) is 4.40 Å². The third kappa shape index (κ3) is 2.16. The highest BCUT2D eigenvalue weighted by Gasteiger charge is 2.19. The van der Waals surface area contributed by atoms with Crippen molar-refractivity contribution in [2.75, 3.05) is 0 Å². The standard InChI is InChI=1S/C18H11FN2O3/c19-14-4-2-1-3-13(14)15-17-21(9-10-24-17)16(20-15)11-5-7-12(8-6-11)18(22)23/h1-10H,(H,22,23). The topological polar surface area (TPSA) is 67.7 Å². The van der Waals surface area contributed by atoms with Crippen LogP contribution in [0.4, 0.5) is 4.39 Å². The van der Waals surface area contributed by atoms with Gasteiger partial charge < -0.3 is 9.52 Å². The molecular formula is C18H11FN2O3. The van der Waals surface area contributed by atoms with Crippen LogP contribution in [0, 0.1) is 5.82 Å². The Bertz CT molecular complexity index is 1050. The molecule has 0 fully saturated rings. The van der Waals surface area contributed by atoms with Crippen molar-refractivity contribution in [3.8, 4) is 22.6 Å². The second-order valence-electron chi connectivity index (χ2n) is 5.22. The Morgan fingerprint density at radius 2 is 1.88 bits per heavy atom. The van der Waals surface area contributed by atoms with E-state index in [0.717, 1.165) is 0 Å². The molecule has 4 aromatic rings. The molecule has 0 unspecified atom stereocenters. The Kier molecular flexibility index (Phi) is 3.16. The molecule has 2 aromatic carbocycles. The molecule has 0 bridgehead atoms. The Labute approximate surface area is 135 Å². The highest BCUT2D eigenvalue weighted by atomic mass is 19.1. The molecule has 0 aliphatic rings. The first-order valence-corrected chi connectivity index (χ1v) is 7.19. The highest BCUT2D eigenvalue weighted by Crippen LogP contribution is 2.31. The SMILES string of the molecule is O=C(O)c1ccc(-c2nc(-c3ccccc3F)c3occn23)cc1. The van der Waals surface area contributed by atoms with Gasteiger partial charge in [0, 0.05) is 17.3 Å². The predicted molar refractivity (Wildman–Crippen MR) is 85.2 cm³/mol. The number of rotatable bonds is 3. The molecule has 0 spiro atoms. The summed E-state index contributed by atoms with van der Waals surface area (Å²) in [7, 11) is 0. The molecule has 1 N–H and O–H groups in total. The van der Waals surface area contributed by atoms with Crippen molar-refractivity contribution in [3.05, 3.63) is 72.4 Å². The number of aromatic carboxylic acids is 1. The van der Waals surface area contributed by atoms with E-state index < -0.39 is 5.97 Å². The number of nitrogens with zero attached hydrogens (tertiary/aromatic N) is 2. The van der Waals surface area contributed by atoms with Gasteiger partial charge in [0.2, 0.25) is 5.71 Å². The second kappa shape index (κ2) is 5.34. The van der Waals surface area contributed by atoms with Crippen LogP contribution in [0.2, 0.25) is 0 Å². The highest BCUT2D eigenvalue weighted by molar-refractivity contribution is 5.88. The van der Waals surface area contributed by atoms with E-state index in [2.05, 4.69) is 4.98 Å². The summed E-state index contributed by atoms with van der Waals surface area (Å²) in [6, 6.07) is 12.7. The molecule has 2 aromatic heterocycles. The van der Waals surface area contributed by atoms with Crippen LogP contribution in [0.3, 0.4) is 0 Å². The van der Waals surface area contributed by atoms with Crippen LogP contribution < -0.4 is 0 Å². The minimum atomic E-state index is -0.995. The van der Waals surface area contributed by atoms with Crippen LogP contribution in [0.5, 0.6) is 0 Å². The average molecular weight is 322 g/mol. The van der Waals surface area contributed by atoms with Gasteiger partial charge in [-0.05, 0) is 24.3 Å². The first-order chi connectivity index (χ1) is 11.6. The fourth-order valence-electron chi connectivity index (χ4n) is 2.62. The molecule has 0 amide bonds. The summed E-state index contributed by atoms with van der Waals surface area (Å²) in [6.45, 7) is 0. The van der Waals surface area contributed by atoms with E-state index in [1.54, 1.807) is 40.9 Å². The van der Waals surface area contributed by atoms with Gasteiger partial charge >= 0.3 is 5.97 Å². The van der Waals surface area contributed by atoms with Crippen LogP contribution in [0.25, 0.3) is 28.4 Å². The van der Waals surface area contributed by atoms with Crippen LogP contribution >= 0.6 is 0 Å². The smallest absolute Gasteiger partial charge is 0.335 e. The Morgan fingerprint density at radius 3 is 2.58 bits per heavy atom. The molecule has 5 nitrogen and oxygen atoms in total. The van der Waals surface area contributed by atoms with Gasteiger partial charge in [-0.25, -0.2) is 14.2 Å². The number of oxazole rings is 1. The number of imidazole rings is 1. The van der Waals surface area contributed by atoms with Gasteiger partial charge in [0.05, 0.1) is 5.56 Å². The molecule has 0 radical (unpaired) electrons. The van der Waals surface area contributed by atoms with E-state index in [-0.39, 0.29) is 11.4 Å². The van der Waals surface area contributed by atoms with Crippen LogP contribution in [-0.4, -0.2) is 20.5 Å². The van der Waals surface area contributed by atoms with E-state index in [0.29, 0.717) is 28.4 Å². The molecule has 24 heavy (non-hydrogen) atoms. The van der Waals surface area contributed by atoms with Crippen molar-refractivity contribution in [1.29, 1.82) is 0 Å². The zero-order valence-electron chi connectivity index (χ0n) is 12.3. The minimum Gasteiger partial charge on any atom is -0.478 e. The molecule has 118 valence electrons. The summed E-state index contributed by atoms with van der Waals surface area (Å²) in [5.74, 6) is -0.833. The van der Waals surface area contributed by atoms with E-state index >= 15 is 0 Å². The number of hydrogen-bond acceptors (Lipinski definition) is 3. The van der Waals surface area contributed by atoms with Gasteiger partial charge in [0.15, 0.2) is 0 Å². The number of fused-ring (bicyclic) bond motifs is 1. The van der Waals surface area contributed by atoms with Gasteiger partial charge in [0.25, 0.3) is 0 Å². The summed E-state index contributed by atoms with van der Waals surface area (Å²) in [6.07, 6.45) is 3.18. The summed E-state index contributed by atoms with van der Waals surface area (Å²) >= 11 is 0. The molecule has 0 aliphatic heterocycles. The summed E-state index contributed by atoms with van der Waals surface area (Å²) in [5.41, 5.74) is 2.07. The van der Waals surface area contributed by atoms with Crippen LogP contribution in [0.15, 0.2) is 65.4 Å². The van der Waals surface area contributed by atoms with E-state index in [1.807, 2.05) is 0 Å². The molecule has 0 atom stereocenters. The van der Waals surface area contributed by atoms with Crippen molar-refractivity contribution in [1.82, 2.24) is 9.38 Å².